The zero-order valence-corrected chi connectivity index (χ0v) is 20.7. The SMILES string of the molecule is CCCCCCSc1nc2sc3c(c2c(=O)n1-c1ccc(C)cc1)CC(C)(C)SC3. The highest BCUT2D eigenvalue weighted by Gasteiger charge is 2.31. The Morgan fingerprint density at radius 3 is 2.67 bits per heavy atom. The average molecular weight is 459 g/mol. The van der Waals surface area contributed by atoms with Gasteiger partial charge in [-0.3, -0.25) is 9.36 Å². The van der Waals surface area contributed by atoms with Gasteiger partial charge in [-0.25, -0.2) is 4.98 Å². The van der Waals surface area contributed by atoms with E-state index in [-0.39, 0.29) is 10.3 Å². The van der Waals surface area contributed by atoms with Crippen molar-refractivity contribution in [3.63, 3.8) is 0 Å². The van der Waals surface area contributed by atoms with Crippen LogP contribution in [0.2, 0.25) is 0 Å². The molecule has 160 valence electrons. The van der Waals surface area contributed by atoms with E-state index in [0.29, 0.717) is 0 Å². The molecule has 1 aromatic carbocycles. The fourth-order valence-electron chi connectivity index (χ4n) is 3.88. The number of thioether (sulfide) groups is 2. The first kappa shape index (κ1) is 22.0. The quantitative estimate of drug-likeness (QED) is 0.217. The van der Waals surface area contributed by atoms with E-state index in [1.807, 2.05) is 28.5 Å². The van der Waals surface area contributed by atoms with E-state index >= 15 is 0 Å². The Hall–Kier alpha value is -1.24. The molecule has 0 spiro atoms. The second-order valence-corrected chi connectivity index (χ2v) is 12.5. The van der Waals surface area contributed by atoms with E-state index in [1.165, 1.54) is 35.3 Å². The molecule has 3 aromatic rings. The number of thiophene rings is 1. The number of nitrogens with zero attached hydrogens (tertiary/aromatic N) is 2. The molecule has 3 nitrogen and oxygen atoms in total. The van der Waals surface area contributed by atoms with Crippen LogP contribution in [0, 0.1) is 6.92 Å². The molecule has 0 saturated heterocycles. The topological polar surface area (TPSA) is 34.9 Å². The average Bonchev–Trinajstić information content (AvgIpc) is 3.05. The standard InChI is InChI=1S/C24H30N2OS3/c1-5-6-7-8-13-28-23-25-21-20(18-14-24(3,4)29-15-19(18)30-21)22(27)26(23)17-11-9-16(2)10-12-17/h9-12H,5-8,13-15H2,1-4H3. The summed E-state index contributed by atoms with van der Waals surface area (Å²) in [4.78, 5) is 21.1. The van der Waals surface area contributed by atoms with Crippen molar-refractivity contribution in [2.24, 2.45) is 0 Å². The molecule has 0 bridgehead atoms. The highest BCUT2D eigenvalue weighted by molar-refractivity contribution is 8.00. The summed E-state index contributed by atoms with van der Waals surface area (Å²) < 4.78 is 2.02. The number of aryl methyl sites for hydroxylation is 1. The van der Waals surface area contributed by atoms with Gasteiger partial charge < -0.3 is 0 Å². The van der Waals surface area contributed by atoms with E-state index in [4.69, 9.17) is 4.98 Å². The van der Waals surface area contributed by atoms with Crippen molar-refractivity contribution in [2.75, 3.05) is 5.75 Å². The van der Waals surface area contributed by atoms with Gasteiger partial charge in [-0.15, -0.1) is 23.1 Å². The third kappa shape index (κ3) is 4.51. The van der Waals surface area contributed by atoms with Crippen LogP contribution in [0.15, 0.2) is 34.2 Å². The monoisotopic (exact) mass is 458 g/mol. The lowest BCUT2D eigenvalue weighted by atomic mass is 10.00. The van der Waals surface area contributed by atoms with Gasteiger partial charge in [0, 0.05) is 21.1 Å². The minimum Gasteiger partial charge on any atom is -0.268 e. The van der Waals surface area contributed by atoms with Gasteiger partial charge in [-0.1, -0.05) is 69.5 Å². The van der Waals surface area contributed by atoms with Gasteiger partial charge in [0.05, 0.1) is 11.1 Å². The van der Waals surface area contributed by atoms with E-state index in [1.54, 1.807) is 23.1 Å². The first-order valence-corrected chi connectivity index (χ1v) is 13.6. The number of hydrogen-bond donors (Lipinski definition) is 0. The fraction of sp³-hybridized carbons (Fsp3) is 0.500. The van der Waals surface area contributed by atoms with Gasteiger partial charge >= 0.3 is 0 Å². The smallest absolute Gasteiger partial charge is 0.267 e. The van der Waals surface area contributed by atoms with Crippen molar-refractivity contribution in [3.8, 4) is 5.69 Å². The molecule has 1 aliphatic heterocycles. The highest BCUT2D eigenvalue weighted by atomic mass is 32.2. The van der Waals surface area contributed by atoms with E-state index in [9.17, 15) is 4.79 Å². The minimum absolute atomic E-state index is 0.0973. The van der Waals surface area contributed by atoms with Crippen LogP contribution in [0.3, 0.4) is 0 Å². The van der Waals surface area contributed by atoms with Crippen LogP contribution < -0.4 is 5.56 Å². The summed E-state index contributed by atoms with van der Waals surface area (Å²) in [5.41, 5.74) is 3.44. The van der Waals surface area contributed by atoms with Crippen molar-refractivity contribution in [2.45, 2.75) is 75.5 Å². The third-order valence-corrected chi connectivity index (χ3v) is 9.29. The maximum atomic E-state index is 13.8. The number of benzene rings is 1. The Kier molecular flexibility index (Phi) is 6.66. The fourth-order valence-corrected chi connectivity index (χ4v) is 7.28. The molecule has 6 heteroatoms. The summed E-state index contributed by atoms with van der Waals surface area (Å²) in [5.74, 6) is 1.98. The van der Waals surface area contributed by atoms with Crippen LogP contribution in [0.4, 0.5) is 0 Å². The number of aromatic nitrogens is 2. The summed E-state index contributed by atoms with van der Waals surface area (Å²) in [6, 6.07) is 8.24. The van der Waals surface area contributed by atoms with Crippen LogP contribution in [0.1, 0.15) is 62.5 Å². The van der Waals surface area contributed by atoms with E-state index in [0.717, 1.165) is 45.4 Å². The van der Waals surface area contributed by atoms with Crippen LogP contribution in [0.5, 0.6) is 0 Å². The molecular weight excluding hydrogens is 428 g/mol. The first-order valence-electron chi connectivity index (χ1n) is 10.8. The van der Waals surface area contributed by atoms with Gasteiger partial charge in [0.2, 0.25) is 0 Å². The number of hydrogen-bond acceptors (Lipinski definition) is 5. The Labute approximate surface area is 191 Å². The lowest BCUT2D eigenvalue weighted by Gasteiger charge is -2.28. The molecule has 4 rings (SSSR count). The lowest BCUT2D eigenvalue weighted by Crippen LogP contribution is -2.26. The Bertz CT molecular complexity index is 1100. The molecule has 0 fully saturated rings. The second-order valence-electron chi connectivity index (χ2n) is 8.69. The summed E-state index contributed by atoms with van der Waals surface area (Å²) in [7, 11) is 0. The van der Waals surface area contributed by atoms with Gasteiger partial charge in [-0.05, 0) is 37.5 Å². The zero-order valence-electron chi connectivity index (χ0n) is 18.3. The molecule has 0 N–H and O–H groups in total. The predicted octanol–water partition coefficient (Wildman–Crippen LogP) is 7.00. The first-order chi connectivity index (χ1) is 14.4. The van der Waals surface area contributed by atoms with Crippen LogP contribution in [-0.4, -0.2) is 20.1 Å². The predicted molar refractivity (Wildman–Crippen MR) is 134 cm³/mol. The molecule has 0 amide bonds. The Morgan fingerprint density at radius 2 is 1.93 bits per heavy atom. The molecule has 2 aromatic heterocycles. The van der Waals surface area contributed by atoms with Crippen molar-refractivity contribution in [1.82, 2.24) is 9.55 Å². The molecule has 0 unspecified atom stereocenters. The Morgan fingerprint density at radius 1 is 1.17 bits per heavy atom. The summed E-state index contributed by atoms with van der Waals surface area (Å²) in [6.07, 6.45) is 5.83. The zero-order chi connectivity index (χ0) is 21.3. The number of rotatable bonds is 7. The highest BCUT2D eigenvalue weighted by Crippen LogP contribution is 2.44. The molecule has 0 atom stereocenters. The molecule has 3 heterocycles. The van der Waals surface area contributed by atoms with Gasteiger partial charge in [0.25, 0.3) is 5.56 Å². The molecule has 0 radical (unpaired) electrons. The van der Waals surface area contributed by atoms with Crippen LogP contribution in [-0.2, 0) is 12.2 Å². The van der Waals surface area contributed by atoms with Crippen molar-refractivity contribution < 1.29 is 0 Å². The summed E-state index contributed by atoms with van der Waals surface area (Å²) >= 11 is 5.43. The number of unbranched alkanes of at least 4 members (excludes halogenated alkanes) is 3. The maximum Gasteiger partial charge on any atom is 0.267 e. The van der Waals surface area contributed by atoms with Gasteiger partial charge in [0.15, 0.2) is 5.16 Å². The van der Waals surface area contributed by atoms with Gasteiger partial charge in [-0.2, -0.15) is 0 Å². The maximum absolute atomic E-state index is 13.8. The number of fused-ring (bicyclic) bond motifs is 3. The van der Waals surface area contributed by atoms with Crippen molar-refractivity contribution in [1.29, 1.82) is 0 Å². The Balaban J connectivity index is 1.82. The lowest BCUT2D eigenvalue weighted by molar-refractivity contribution is 0.698. The van der Waals surface area contributed by atoms with Crippen molar-refractivity contribution >= 4 is 45.1 Å². The molecule has 1 aliphatic rings. The van der Waals surface area contributed by atoms with Crippen LogP contribution in [0.25, 0.3) is 15.9 Å². The molecular formula is C24H30N2OS3. The van der Waals surface area contributed by atoms with E-state index < -0.39 is 0 Å². The summed E-state index contributed by atoms with van der Waals surface area (Å²) in [6.45, 7) is 8.86. The molecule has 0 aliphatic carbocycles. The third-order valence-electron chi connectivity index (χ3n) is 5.60. The minimum atomic E-state index is 0.0973. The van der Waals surface area contributed by atoms with Crippen LogP contribution >= 0.6 is 34.9 Å². The van der Waals surface area contributed by atoms with Gasteiger partial charge in [0.1, 0.15) is 4.83 Å². The molecule has 0 saturated carbocycles. The largest absolute Gasteiger partial charge is 0.268 e. The van der Waals surface area contributed by atoms with E-state index in [2.05, 4.69) is 39.8 Å². The van der Waals surface area contributed by atoms with Crippen molar-refractivity contribution in [3.05, 3.63) is 50.6 Å². The summed E-state index contributed by atoms with van der Waals surface area (Å²) in [5, 5.41) is 1.68. The second kappa shape index (κ2) is 9.09. The normalized spacial score (nSPS) is 15.5. The molecule has 30 heavy (non-hydrogen) atoms.